The van der Waals surface area contributed by atoms with Crippen molar-refractivity contribution in [1.29, 1.82) is 0 Å². The maximum Gasteiger partial charge on any atom is 0.291 e. The van der Waals surface area contributed by atoms with Crippen LogP contribution in [0.3, 0.4) is 0 Å². The maximum atomic E-state index is 12.2. The van der Waals surface area contributed by atoms with E-state index in [4.69, 9.17) is 13.9 Å². The number of carbonyl (C=O) groups is 2. The molecular weight excluding hydrogens is 396 g/mol. The highest BCUT2D eigenvalue weighted by Gasteiger charge is 2.09. The molecule has 0 atom stereocenters. The lowest BCUT2D eigenvalue weighted by Gasteiger charge is -2.09. The molecule has 0 bridgehead atoms. The monoisotopic (exact) mass is 418 g/mol. The fourth-order valence-electron chi connectivity index (χ4n) is 2.65. The van der Waals surface area contributed by atoms with Gasteiger partial charge in [0.05, 0.1) is 13.4 Å². The molecule has 0 saturated heterocycles. The third kappa shape index (κ3) is 6.11. The Balaban J connectivity index is 1.57. The van der Waals surface area contributed by atoms with Crippen LogP contribution in [0, 0.1) is 0 Å². The summed E-state index contributed by atoms with van der Waals surface area (Å²) < 4.78 is 15.9. The molecule has 3 aromatic rings. The second-order valence-corrected chi connectivity index (χ2v) is 6.34. The minimum atomic E-state index is -0.346. The Morgan fingerprint density at radius 2 is 1.77 bits per heavy atom. The highest BCUT2D eigenvalue weighted by molar-refractivity contribution is 6.03. The molecule has 0 saturated carbocycles. The summed E-state index contributed by atoms with van der Waals surface area (Å²) in [5, 5.41) is 5.48. The van der Waals surface area contributed by atoms with Gasteiger partial charge in [-0.3, -0.25) is 9.59 Å². The predicted molar refractivity (Wildman–Crippen MR) is 119 cm³/mol. The zero-order chi connectivity index (χ0) is 22.1. The summed E-state index contributed by atoms with van der Waals surface area (Å²) in [6.07, 6.45) is 6.18. The van der Waals surface area contributed by atoms with Crippen LogP contribution in [0.4, 0.5) is 11.4 Å². The Kier molecular flexibility index (Phi) is 7.26. The largest absolute Gasteiger partial charge is 0.493 e. The van der Waals surface area contributed by atoms with E-state index in [0.29, 0.717) is 29.5 Å². The standard InChI is InChI=1S/C24H22N2O5/c1-3-14-30-20-12-6-17(16-22(20)29-2)7-13-23(27)25-18-8-10-19(11-9-18)26-24(28)21-5-4-15-31-21/h3-13,15-16H,1,14H2,2H3,(H,25,27)(H,26,28)/b13-7+. The Morgan fingerprint density at radius 1 is 1.03 bits per heavy atom. The lowest BCUT2D eigenvalue weighted by atomic mass is 10.2. The molecule has 0 spiro atoms. The zero-order valence-corrected chi connectivity index (χ0v) is 17.0. The van der Waals surface area contributed by atoms with Crippen LogP contribution in [0.1, 0.15) is 16.1 Å². The number of amides is 2. The molecule has 7 heteroatoms. The van der Waals surface area contributed by atoms with Gasteiger partial charge in [0.2, 0.25) is 5.91 Å². The van der Waals surface area contributed by atoms with Crippen molar-refractivity contribution < 1.29 is 23.5 Å². The second kappa shape index (κ2) is 10.5. The van der Waals surface area contributed by atoms with Gasteiger partial charge in [0, 0.05) is 17.5 Å². The fraction of sp³-hybridized carbons (Fsp3) is 0.0833. The first kappa shape index (κ1) is 21.4. The third-order valence-electron chi connectivity index (χ3n) is 4.13. The van der Waals surface area contributed by atoms with Crippen LogP contribution in [0.2, 0.25) is 0 Å². The molecule has 0 aliphatic carbocycles. The van der Waals surface area contributed by atoms with E-state index in [1.807, 2.05) is 6.07 Å². The van der Waals surface area contributed by atoms with Crippen molar-refractivity contribution in [2.24, 2.45) is 0 Å². The van der Waals surface area contributed by atoms with Gasteiger partial charge in [-0.25, -0.2) is 0 Å². The molecular formula is C24H22N2O5. The number of nitrogens with one attached hydrogen (secondary N) is 2. The number of rotatable bonds is 9. The third-order valence-corrected chi connectivity index (χ3v) is 4.13. The molecule has 0 fully saturated rings. The van der Waals surface area contributed by atoms with Gasteiger partial charge in [-0.1, -0.05) is 18.7 Å². The van der Waals surface area contributed by atoms with Gasteiger partial charge in [-0.15, -0.1) is 0 Å². The average Bonchev–Trinajstić information content (AvgIpc) is 3.33. The van der Waals surface area contributed by atoms with E-state index >= 15 is 0 Å². The molecule has 0 aliphatic rings. The molecule has 31 heavy (non-hydrogen) atoms. The van der Waals surface area contributed by atoms with E-state index < -0.39 is 0 Å². The Labute approximate surface area is 180 Å². The number of benzene rings is 2. The Morgan fingerprint density at radius 3 is 2.42 bits per heavy atom. The summed E-state index contributed by atoms with van der Waals surface area (Å²) in [7, 11) is 1.55. The lowest BCUT2D eigenvalue weighted by molar-refractivity contribution is -0.111. The Hall–Kier alpha value is -4.26. The first-order valence-corrected chi connectivity index (χ1v) is 9.45. The van der Waals surface area contributed by atoms with Crippen molar-refractivity contribution in [3.05, 3.63) is 90.9 Å². The highest BCUT2D eigenvalue weighted by atomic mass is 16.5. The van der Waals surface area contributed by atoms with E-state index in [-0.39, 0.29) is 17.6 Å². The van der Waals surface area contributed by atoms with Crippen LogP contribution in [-0.4, -0.2) is 25.5 Å². The molecule has 3 rings (SSSR count). The highest BCUT2D eigenvalue weighted by Crippen LogP contribution is 2.28. The van der Waals surface area contributed by atoms with Crippen molar-refractivity contribution in [2.45, 2.75) is 0 Å². The minimum absolute atomic E-state index is 0.222. The van der Waals surface area contributed by atoms with Crippen LogP contribution < -0.4 is 20.1 Å². The minimum Gasteiger partial charge on any atom is -0.493 e. The van der Waals surface area contributed by atoms with E-state index in [0.717, 1.165) is 5.56 Å². The molecule has 2 N–H and O–H groups in total. The number of anilines is 2. The van der Waals surface area contributed by atoms with Crippen LogP contribution in [-0.2, 0) is 4.79 Å². The van der Waals surface area contributed by atoms with Gasteiger partial charge >= 0.3 is 0 Å². The van der Waals surface area contributed by atoms with E-state index in [9.17, 15) is 9.59 Å². The van der Waals surface area contributed by atoms with Crippen LogP contribution in [0.15, 0.2) is 84.0 Å². The normalized spacial score (nSPS) is 10.5. The number of ether oxygens (including phenoxy) is 2. The van der Waals surface area contributed by atoms with Gasteiger partial charge in [-0.2, -0.15) is 0 Å². The first-order chi connectivity index (χ1) is 15.1. The predicted octanol–water partition coefficient (Wildman–Crippen LogP) is 4.76. The molecule has 1 aromatic heterocycles. The summed E-state index contributed by atoms with van der Waals surface area (Å²) in [5.74, 6) is 0.749. The van der Waals surface area contributed by atoms with Crippen molar-refractivity contribution in [3.8, 4) is 11.5 Å². The number of hydrogen-bond donors (Lipinski definition) is 2. The molecule has 0 aliphatic heterocycles. The summed E-state index contributed by atoms with van der Waals surface area (Å²) >= 11 is 0. The summed E-state index contributed by atoms with van der Waals surface area (Å²) in [6.45, 7) is 3.99. The summed E-state index contributed by atoms with van der Waals surface area (Å²) in [5.41, 5.74) is 1.96. The van der Waals surface area contributed by atoms with E-state index in [2.05, 4.69) is 17.2 Å². The number of carbonyl (C=O) groups excluding carboxylic acids is 2. The fourth-order valence-corrected chi connectivity index (χ4v) is 2.65. The maximum absolute atomic E-state index is 12.2. The lowest BCUT2D eigenvalue weighted by Crippen LogP contribution is -2.11. The molecule has 158 valence electrons. The quantitative estimate of drug-likeness (QED) is 0.386. The van der Waals surface area contributed by atoms with Crippen molar-refractivity contribution in [3.63, 3.8) is 0 Å². The molecule has 2 amide bonds. The van der Waals surface area contributed by atoms with Gasteiger partial charge in [0.15, 0.2) is 17.3 Å². The van der Waals surface area contributed by atoms with Gasteiger partial charge in [0.1, 0.15) is 6.61 Å². The van der Waals surface area contributed by atoms with Crippen LogP contribution in [0.5, 0.6) is 11.5 Å². The van der Waals surface area contributed by atoms with Gasteiger partial charge < -0.3 is 24.5 Å². The first-order valence-electron chi connectivity index (χ1n) is 9.45. The summed E-state index contributed by atoms with van der Waals surface area (Å²) in [4.78, 5) is 24.2. The second-order valence-electron chi connectivity index (χ2n) is 6.34. The average molecular weight is 418 g/mol. The molecule has 0 unspecified atom stereocenters. The number of hydrogen-bond acceptors (Lipinski definition) is 5. The van der Waals surface area contributed by atoms with Gasteiger partial charge in [0.25, 0.3) is 5.91 Å². The van der Waals surface area contributed by atoms with Gasteiger partial charge in [-0.05, 0) is 60.2 Å². The van der Waals surface area contributed by atoms with Crippen molar-refractivity contribution in [2.75, 3.05) is 24.4 Å². The molecule has 2 aromatic carbocycles. The smallest absolute Gasteiger partial charge is 0.291 e. The Bertz CT molecular complexity index is 1070. The zero-order valence-electron chi connectivity index (χ0n) is 17.0. The molecule has 0 radical (unpaired) electrons. The van der Waals surface area contributed by atoms with E-state index in [1.54, 1.807) is 67.8 Å². The van der Waals surface area contributed by atoms with Crippen LogP contribution >= 0.6 is 0 Å². The number of methoxy groups -OCH3 is 1. The van der Waals surface area contributed by atoms with Crippen molar-refractivity contribution in [1.82, 2.24) is 0 Å². The topological polar surface area (TPSA) is 89.8 Å². The van der Waals surface area contributed by atoms with E-state index in [1.165, 1.54) is 12.3 Å². The SMILES string of the molecule is C=CCOc1ccc(/C=C/C(=O)Nc2ccc(NC(=O)c3ccco3)cc2)cc1OC. The molecule has 7 nitrogen and oxygen atoms in total. The number of furan rings is 1. The molecule has 1 heterocycles. The summed E-state index contributed by atoms with van der Waals surface area (Å²) in [6, 6.07) is 15.3. The van der Waals surface area contributed by atoms with Crippen molar-refractivity contribution >= 4 is 29.3 Å². The van der Waals surface area contributed by atoms with Crippen LogP contribution in [0.25, 0.3) is 6.08 Å².